The van der Waals surface area contributed by atoms with E-state index in [0.717, 1.165) is 16.3 Å². The zero-order valence-electron chi connectivity index (χ0n) is 15.8. The van der Waals surface area contributed by atoms with Gasteiger partial charge >= 0.3 is 0 Å². The van der Waals surface area contributed by atoms with Gasteiger partial charge in [0.2, 0.25) is 0 Å². The summed E-state index contributed by atoms with van der Waals surface area (Å²) in [7, 11) is 1.48. The van der Waals surface area contributed by atoms with Gasteiger partial charge in [-0.05, 0) is 38.1 Å². The van der Waals surface area contributed by atoms with Crippen LogP contribution in [0, 0.1) is 6.92 Å². The number of hydrogen-bond acceptors (Lipinski definition) is 6. The van der Waals surface area contributed by atoms with Crippen LogP contribution in [0.25, 0.3) is 11.3 Å². The first kappa shape index (κ1) is 19.6. The molecule has 0 aliphatic heterocycles. The van der Waals surface area contributed by atoms with Crippen LogP contribution in [0.15, 0.2) is 47.8 Å². The Hall–Kier alpha value is -3.19. The third-order valence-corrected chi connectivity index (χ3v) is 4.80. The fourth-order valence-corrected chi connectivity index (χ4v) is 3.25. The van der Waals surface area contributed by atoms with E-state index in [1.54, 1.807) is 29.5 Å². The van der Waals surface area contributed by atoms with Crippen LogP contribution in [0.3, 0.4) is 0 Å². The van der Waals surface area contributed by atoms with Gasteiger partial charge < -0.3 is 14.8 Å². The molecular weight excluding hydrogens is 376 g/mol. The number of hydrogen-bond donors (Lipinski definition) is 1. The van der Waals surface area contributed by atoms with Crippen LogP contribution in [0.5, 0.6) is 11.5 Å². The van der Waals surface area contributed by atoms with E-state index < -0.39 is 0 Å². The Kier molecular flexibility index (Phi) is 6.06. The third kappa shape index (κ3) is 4.55. The van der Waals surface area contributed by atoms with Crippen molar-refractivity contribution in [1.29, 1.82) is 0 Å². The maximum absolute atomic E-state index is 12.4. The number of aromatic nitrogens is 1. The van der Waals surface area contributed by atoms with E-state index in [1.807, 2.05) is 36.6 Å². The zero-order valence-corrected chi connectivity index (χ0v) is 16.6. The van der Waals surface area contributed by atoms with Gasteiger partial charge in [-0.1, -0.05) is 18.2 Å². The maximum atomic E-state index is 12.4. The molecule has 7 heteroatoms. The molecule has 3 aromatic rings. The summed E-state index contributed by atoms with van der Waals surface area (Å²) < 4.78 is 10.8. The molecular formula is C21H20N2O4S. The van der Waals surface area contributed by atoms with Crippen LogP contribution in [0.2, 0.25) is 0 Å². The van der Waals surface area contributed by atoms with Crippen molar-refractivity contribution in [3.8, 4) is 22.8 Å². The average molecular weight is 396 g/mol. The summed E-state index contributed by atoms with van der Waals surface area (Å²) in [4.78, 5) is 28.4. The lowest BCUT2D eigenvalue weighted by Crippen LogP contribution is -2.20. The number of aryl methyl sites for hydroxylation is 1. The number of ketones is 1. The lowest BCUT2D eigenvalue weighted by Gasteiger charge is -2.13. The van der Waals surface area contributed by atoms with Crippen LogP contribution >= 0.6 is 11.3 Å². The summed E-state index contributed by atoms with van der Waals surface area (Å²) in [6.45, 7) is 3.22. The molecule has 1 aromatic heterocycles. The summed E-state index contributed by atoms with van der Waals surface area (Å²) >= 11 is 1.56. The largest absolute Gasteiger partial charge is 0.493 e. The van der Waals surface area contributed by atoms with Crippen molar-refractivity contribution >= 4 is 28.7 Å². The van der Waals surface area contributed by atoms with Crippen molar-refractivity contribution in [1.82, 2.24) is 4.98 Å². The quantitative estimate of drug-likeness (QED) is 0.601. The number of rotatable bonds is 7. The van der Waals surface area contributed by atoms with Gasteiger partial charge in [-0.2, -0.15) is 0 Å². The summed E-state index contributed by atoms with van der Waals surface area (Å²) in [6, 6.07) is 12.3. The summed E-state index contributed by atoms with van der Waals surface area (Å²) in [6.07, 6.45) is 0. The van der Waals surface area contributed by atoms with Crippen molar-refractivity contribution in [2.45, 2.75) is 13.8 Å². The highest BCUT2D eigenvalue weighted by Gasteiger charge is 2.13. The topological polar surface area (TPSA) is 77.5 Å². The van der Waals surface area contributed by atoms with Gasteiger partial charge in [-0.15, -0.1) is 11.3 Å². The Labute approximate surface area is 167 Å². The molecule has 1 amide bonds. The third-order valence-electron chi connectivity index (χ3n) is 4.03. The first-order valence-electron chi connectivity index (χ1n) is 8.61. The molecule has 3 rings (SSSR count). The monoisotopic (exact) mass is 396 g/mol. The molecule has 0 spiro atoms. The lowest BCUT2D eigenvalue weighted by molar-refractivity contribution is -0.118. The van der Waals surface area contributed by atoms with Gasteiger partial charge in [0.15, 0.2) is 23.9 Å². The number of benzene rings is 2. The van der Waals surface area contributed by atoms with Crippen LogP contribution in [0.4, 0.5) is 5.69 Å². The number of ether oxygens (including phenoxy) is 2. The number of amides is 1. The smallest absolute Gasteiger partial charge is 0.262 e. The van der Waals surface area contributed by atoms with Gasteiger partial charge in [-0.3, -0.25) is 9.59 Å². The minimum Gasteiger partial charge on any atom is -0.493 e. The number of carbonyl (C=O) groups excluding carboxylic acids is 2. The van der Waals surface area contributed by atoms with Crippen molar-refractivity contribution in [2.75, 3.05) is 19.0 Å². The van der Waals surface area contributed by atoms with Crippen LogP contribution in [-0.4, -0.2) is 30.4 Å². The SMILES string of the molecule is COc1cc(C(C)=O)ccc1OCC(=O)Nc1ccccc1-c1csc(C)n1. The van der Waals surface area contributed by atoms with Gasteiger partial charge in [0.05, 0.1) is 23.5 Å². The summed E-state index contributed by atoms with van der Waals surface area (Å²) in [5.41, 5.74) is 2.85. The summed E-state index contributed by atoms with van der Waals surface area (Å²) in [5, 5.41) is 5.78. The first-order valence-corrected chi connectivity index (χ1v) is 9.49. The minimum absolute atomic E-state index is 0.0727. The van der Waals surface area contributed by atoms with E-state index in [-0.39, 0.29) is 18.3 Å². The maximum Gasteiger partial charge on any atom is 0.262 e. The van der Waals surface area contributed by atoms with Gasteiger partial charge in [0.1, 0.15) is 0 Å². The highest BCUT2D eigenvalue weighted by molar-refractivity contribution is 7.09. The molecule has 1 N–H and O–H groups in total. The first-order chi connectivity index (χ1) is 13.5. The second-order valence-corrected chi connectivity index (χ2v) is 7.12. The number of anilines is 1. The molecule has 0 fully saturated rings. The van der Waals surface area contributed by atoms with Crippen molar-refractivity contribution < 1.29 is 19.1 Å². The molecule has 0 saturated heterocycles. The molecule has 0 radical (unpaired) electrons. The molecule has 0 unspecified atom stereocenters. The second kappa shape index (κ2) is 8.67. The molecule has 0 aliphatic carbocycles. The number of nitrogens with zero attached hydrogens (tertiary/aromatic N) is 1. The number of thiazole rings is 1. The molecule has 0 saturated carbocycles. The second-order valence-electron chi connectivity index (χ2n) is 6.06. The Morgan fingerprint density at radius 3 is 2.61 bits per heavy atom. The lowest BCUT2D eigenvalue weighted by atomic mass is 10.1. The Morgan fingerprint density at radius 2 is 1.93 bits per heavy atom. The van der Waals surface area contributed by atoms with E-state index in [9.17, 15) is 9.59 Å². The van der Waals surface area contributed by atoms with Crippen LogP contribution in [0.1, 0.15) is 22.3 Å². The fraction of sp³-hybridized carbons (Fsp3) is 0.190. The van der Waals surface area contributed by atoms with Gasteiger partial charge in [0.25, 0.3) is 5.91 Å². The van der Waals surface area contributed by atoms with Crippen LogP contribution < -0.4 is 14.8 Å². The fourth-order valence-electron chi connectivity index (χ4n) is 2.64. The van der Waals surface area contributed by atoms with E-state index in [1.165, 1.54) is 14.0 Å². The molecule has 0 atom stereocenters. The Balaban J connectivity index is 1.70. The van der Waals surface area contributed by atoms with Gasteiger partial charge in [0, 0.05) is 16.5 Å². The number of nitrogens with one attached hydrogen (secondary N) is 1. The number of para-hydroxylation sites is 1. The number of carbonyl (C=O) groups is 2. The van der Waals surface area contributed by atoms with Crippen LogP contribution in [-0.2, 0) is 4.79 Å². The number of Topliss-reactive ketones (excluding diaryl/α,β-unsaturated/α-hetero) is 1. The minimum atomic E-state index is -0.308. The Morgan fingerprint density at radius 1 is 1.14 bits per heavy atom. The predicted octanol–water partition coefficient (Wildman–Crippen LogP) is 4.35. The average Bonchev–Trinajstić information content (AvgIpc) is 3.12. The molecule has 28 heavy (non-hydrogen) atoms. The normalized spacial score (nSPS) is 10.4. The summed E-state index contributed by atoms with van der Waals surface area (Å²) in [5.74, 6) is 0.415. The van der Waals surface area contributed by atoms with E-state index >= 15 is 0 Å². The standard InChI is InChI=1S/C21H20N2O4S/c1-13(24)15-8-9-19(20(10-15)26-3)27-11-21(25)23-17-7-5-4-6-16(17)18-12-28-14(2)22-18/h4-10,12H,11H2,1-3H3,(H,23,25). The molecule has 0 bridgehead atoms. The Bertz CT molecular complexity index is 1010. The van der Waals surface area contributed by atoms with Crippen molar-refractivity contribution in [2.24, 2.45) is 0 Å². The highest BCUT2D eigenvalue weighted by atomic mass is 32.1. The highest BCUT2D eigenvalue weighted by Crippen LogP contribution is 2.30. The molecule has 6 nitrogen and oxygen atoms in total. The van der Waals surface area contributed by atoms with E-state index in [4.69, 9.17) is 9.47 Å². The predicted molar refractivity (Wildman–Crippen MR) is 109 cm³/mol. The van der Waals surface area contributed by atoms with Gasteiger partial charge in [-0.25, -0.2) is 4.98 Å². The molecule has 2 aromatic carbocycles. The number of methoxy groups -OCH3 is 1. The molecule has 1 heterocycles. The molecule has 0 aliphatic rings. The van der Waals surface area contributed by atoms with E-state index in [2.05, 4.69) is 10.3 Å². The van der Waals surface area contributed by atoms with Crippen molar-refractivity contribution in [3.63, 3.8) is 0 Å². The zero-order chi connectivity index (χ0) is 20.1. The van der Waals surface area contributed by atoms with E-state index in [0.29, 0.717) is 22.7 Å². The van der Waals surface area contributed by atoms with Crippen molar-refractivity contribution in [3.05, 3.63) is 58.4 Å². The molecule has 144 valence electrons.